The van der Waals surface area contributed by atoms with Crippen LogP contribution in [0.2, 0.25) is 0 Å². The fraction of sp³-hybridized carbons (Fsp3) is 0.308. The first-order valence-electron chi connectivity index (χ1n) is 6.24. The van der Waals surface area contributed by atoms with Crippen molar-refractivity contribution in [3.05, 3.63) is 40.0 Å². The van der Waals surface area contributed by atoms with Crippen molar-refractivity contribution in [2.24, 2.45) is 0 Å². The highest BCUT2D eigenvalue weighted by Gasteiger charge is 2.18. The van der Waals surface area contributed by atoms with Crippen LogP contribution in [0.1, 0.15) is 29.8 Å². The quantitative estimate of drug-likeness (QED) is 0.652. The molecule has 3 aromatic rings. The summed E-state index contributed by atoms with van der Waals surface area (Å²) >= 11 is 9.34. The SMILES string of the molecule is Cc1nc(Cn2c(C(C)Cl)nc3cc(Br)c(F)cc32)no1. The molecule has 3 rings (SSSR count). The number of aromatic nitrogens is 4. The molecule has 0 saturated carbocycles. The molecular weight excluding hydrogens is 363 g/mol. The lowest BCUT2D eigenvalue weighted by Gasteiger charge is -2.08. The van der Waals surface area contributed by atoms with E-state index >= 15 is 0 Å². The number of halogens is 3. The average molecular weight is 374 g/mol. The Kier molecular flexibility index (Phi) is 3.71. The van der Waals surface area contributed by atoms with E-state index in [9.17, 15) is 4.39 Å². The Labute approximate surface area is 133 Å². The van der Waals surface area contributed by atoms with Gasteiger partial charge in [-0.2, -0.15) is 4.98 Å². The third-order valence-corrected chi connectivity index (χ3v) is 3.85. The highest BCUT2D eigenvalue weighted by atomic mass is 79.9. The van der Waals surface area contributed by atoms with Gasteiger partial charge in [-0.1, -0.05) is 5.16 Å². The first-order valence-corrected chi connectivity index (χ1v) is 7.47. The molecule has 0 saturated heterocycles. The Morgan fingerprint density at radius 1 is 1.43 bits per heavy atom. The maximum atomic E-state index is 13.8. The first-order chi connectivity index (χ1) is 9.95. The van der Waals surface area contributed by atoms with Gasteiger partial charge in [0.25, 0.3) is 0 Å². The Bertz CT molecular complexity index is 814. The first kappa shape index (κ1) is 14.5. The number of hydrogen-bond acceptors (Lipinski definition) is 4. The Hall–Kier alpha value is -1.47. The highest BCUT2D eigenvalue weighted by Crippen LogP contribution is 2.28. The van der Waals surface area contributed by atoms with Crippen LogP contribution in [0.5, 0.6) is 0 Å². The van der Waals surface area contributed by atoms with Crippen LogP contribution in [-0.2, 0) is 6.54 Å². The second-order valence-corrected chi connectivity index (χ2v) is 6.17. The molecule has 0 aliphatic rings. The molecule has 0 aliphatic carbocycles. The number of alkyl halides is 1. The Balaban J connectivity index is 2.17. The second-order valence-electron chi connectivity index (χ2n) is 4.66. The molecule has 0 aliphatic heterocycles. The Morgan fingerprint density at radius 3 is 2.81 bits per heavy atom. The van der Waals surface area contributed by atoms with E-state index in [0.29, 0.717) is 39.6 Å². The number of nitrogens with zero attached hydrogens (tertiary/aromatic N) is 4. The van der Waals surface area contributed by atoms with Gasteiger partial charge < -0.3 is 9.09 Å². The molecule has 0 spiro atoms. The van der Waals surface area contributed by atoms with Crippen molar-refractivity contribution < 1.29 is 8.91 Å². The van der Waals surface area contributed by atoms with Crippen molar-refractivity contribution >= 4 is 38.6 Å². The lowest BCUT2D eigenvalue weighted by atomic mass is 10.3. The van der Waals surface area contributed by atoms with Crippen molar-refractivity contribution in [1.82, 2.24) is 19.7 Å². The summed E-state index contributed by atoms with van der Waals surface area (Å²) in [4.78, 5) is 8.63. The van der Waals surface area contributed by atoms with Gasteiger partial charge in [-0.15, -0.1) is 11.6 Å². The molecule has 1 atom stereocenters. The molecule has 8 heteroatoms. The van der Waals surface area contributed by atoms with Crippen molar-refractivity contribution in [3.8, 4) is 0 Å². The van der Waals surface area contributed by atoms with Gasteiger partial charge in [-0.25, -0.2) is 9.37 Å². The standard InChI is InChI=1S/C13H11BrClFN4O/c1-6(15)13-18-10-3-8(14)9(16)4-11(10)20(13)5-12-17-7(2)21-19-12/h3-4,6H,5H2,1-2H3. The van der Waals surface area contributed by atoms with Crippen LogP contribution in [0.3, 0.4) is 0 Å². The predicted octanol–water partition coefficient (Wildman–Crippen LogP) is 3.98. The number of hydrogen-bond donors (Lipinski definition) is 0. The van der Waals surface area contributed by atoms with Crippen LogP contribution in [0.15, 0.2) is 21.1 Å². The fourth-order valence-corrected chi connectivity index (χ4v) is 2.65. The van der Waals surface area contributed by atoms with E-state index < -0.39 is 0 Å². The van der Waals surface area contributed by atoms with Crippen molar-refractivity contribution in [3.63, 3.8) is 0 Å². The molecule has 21 heavy (non-hydrogen) atoms. The zero-order chi connectivity index (χ0) is 15.1. The molecule has 5 nitrogen and oxygen atoms in total. The summed E-state index contributed by atoms with van der Waals surface area (Å²) in [7, 11) is 0. The fourth-order valence-electron chi connectivity index (χ4n) is 2.16. The number of benzene rings is 1. The third-order valence-electron chi connectivity index (χ3n) is 3.04. The van der Waals surface area contributed by atoms with Gasteiger partial charge in [-0.05, 0) is 28.9 Å². The average Bonchev–Trinajstić information content (AvgIpc) is 2.96. The number of fused-ring (bicyclic) bond motifs is 1. The normalized spacial score (nSPS) is 13.0. The van der Waals surface area contributed by atoms with E-state index in [1.54, 1.807) is 17.6 Å². The lowest BCUT2D eigenvalue weighted by Crippen LogP contribution is -2.07. The van der Waals surface area contributed by atoms with Crippen LogP contribution in [0.25, 0.3) is 11.0 Å². The molecule has 1 aromatic carbocycles. The topological polar surface area (TPSA) is 56.7 Å². The molecule has 0 bridgehead atoms. The summed E-state index contributed by atoms with van der Waals surface area (Å²) < 4.78 is 20.9. The summed E-state index contributed by atoms with van der Waals surface area (Å²) in [5.41, 5.74) is 1.30. The van der Waals surface area contributed by atoms with Gasteiger partial charge in [0, 0.05) is 13.0 Å². The van der Waals surface area contributed by atoms with Crippen molar-refractivity contribution in [2.45, 2.75) is 25.8 Å². The van der Waals surface area contributed by atoms with Crippen LogP contribution < -0.4 is 0 Å². The third kappa shape index (κ3) is 2.67. The molecule has 0 radical (unpaired) electrons. The van der Waals surface area contributed by atoms with Crippen molar-refractivity contribution in [1.29, 1.82) is 0 Å². The summed E-state index contributed by atoms with van der Waals surface area (Å²) in [5, 5.41) is 3.53. The number of rotatable bonds is 3. The Morgan fingerprint density at radius 2 is 2.19 bits per heavy atom. The van der Waals surface area contributed by atoms with Gasteiger partial charge in [0.1, 0.15) is 11.6 Å². The van der Waals surface area contributed by atoms with E-state index in [0.717, 1.165) is 0 Å². The van der Waals surface area contributed by atoms with Crippen molar-refractivity contribution in [2.75, 3.05) is 0 Å². The van der Waals surface area contributed by atoms with Gasteiger partial charge in [0.15, 0.2) is 5.82 Å². The van der Waals surface area contributed by atoms with E-state index in [-0.39, 0.29) is 11.2 Å². The van der Waals surface area contributed by atoms with Crippen LogP contribution >= 0.6 is 27.5 Å². The van der Waals surface area contributed by atoms with Gasteiger partial charge in [0.05, 0.1) is 27.4 Å². The molecule has 0 fully saturated rings. The van der Waals surface area contributed by atoms with Gasteiger partial charge in [-0.3, -0.25) is 0 Å². The van der Waals surface area contributed by atoms with Gasteiger partial charge >= 0.3 is 0 Å². The molecule has 1 unspecified atom stereocenters. The number of imidazole rings is 1. The van der Waals surface area contributed by atoms with E-state index in [2.05, 4.69) is 31.1 Å². The minimum absolute atomic E-state index is 0.321. The molecular formula is C13H11BrClFN4O. The molecule has 110 valence electrons. The zero-order valence-electron chi connectivity index (χ0n) is 11.3. The molecule has 0 amide bonds. The van der Waals surface area contributed by atoms with E-state index in [1.165, 1.54) is 6.07 Å². The van der Waals surface area contributed by atoms with Crippen LogP contribution in [0.4, 0.5) is 4.39 Å². The minimum Gasteiger partial charge on any atom is -0.340 e. The summed E-state index contributed by atoms with van der Waals surface area (Å²) in [5.74, 6) is 1.24. The van der Waals surface area contributed by atoms with Gasteiger partial charge in [0.2, 0.25) is 5.89 Å². The van der Waals surface area contributed by atoms with E-state index in [4.69, 9.17) is 16.1 Å². The highest BCUT2D eigenvalue weighted by molar-refractivity contribution is 9.10. The smallest absolute Gasteiger partial charge is 0.223 e. The molecule has 0 N–H and O–H groups in total. The zero-order valence-corrected chi connectivity index (χ0v) is 13.6. The maximum absolute atomic E-state index is 13.8. The lowest BCUT2D eigenvalue weighted by molar-refractivity contribution is 0.386. The van der Waals surface area contributed by atoms with E-state index in [1.807, 2.05) is 6.92 Å². The van der Waals surface area contributed by atoms with Crippen LogP contribution in [0, 0.1) is 12.7 Å². The summed E-state index contributed by atoms with van der Waals surface area (Å²) in [6.07, 6.45) is 0. The summed E-state index contributed by atoms with van der Waals surface area (Å²) in [6.45, 7) is 3.85. The minimum atomic E-state index is -0.360. The largest absolute Gasteiger partial charge is 0.340 e. The molecule has 2 heterocycles. The van der Waals surface area contributed by atoms with Crippen LogP contribution in [-0.4, -0.2) is 19.7 Å². The number of aryl methyl sites for hydroxylation is 1. The predicted molar refractivity (Wildman–Crippen MR) is 79.8 cm³/mol. The molecule has 2 aromatic heterocycles. The monoisotopic (exact) mass is 372 g/mol. The summed E-state index contributed by atoms with van der Waals surface area (Å²) in [6, 6.07) is 3.05. The maximum Gasteiger partial charge on any atom is 0.223 e. The second kappa shape index (κ2) is 5.38.